The van der Waals surface area contributed by atoms with Crippen LogP contribution in [0.4, 0.5) is 0 Å². The molecule has 1 aliphatic carbocycles. The van der Waals surface area contributed by atoms with Crippen molar-refractivity contribution < 1.29 is 57.2 Å². The molecule has 1 aromatic carbocycles. The Morgan fingerprint density at radius 3 is 1.97 bits per heavy atom. The number of esters is 6. The zero-order valence-electron chi connectivity index (χ0n) is 21.9. The Morgan fingerprint density at radius 2 is 1.44 bits per heavy atom. The third-order valence-corrected chi connectivity index (χ3v) is 6.37. The summed E-state index contributed by atoms with van der Waals surface area (Å²) < 4.78 is 29.5. The fraction of sp³-hybridized carbons (Fsp3) is 0.308. The first-order valence-electron chi connectivity index (χ1n) is 11.2. The Kier molecular flexibility index (Phi) is 8.23. The lowest BCUT2D eigenvalue weighted by atomic mass is 9.59. The van der Waals surface area contributed by atoms with Crippen LogP contribution in [0.2, 0.25) is 0 Å². The number of para-hydroxylation sites is 1. The number of nitrogens with one attached hydrogen (secondary N) is 1. The number of carbonyl (C=O) groups is 6. The Balaban J connectivity index is 2.80. The van der Waals surface area contributed by atoms with Gasteiger partial charge in [0.05, 0.1) is 59.4 Å². The number of benzene rings is 1. The summed E-state index contributed by atoms with van der Waals surface area (Å²) in [7, 11) is 5.93. The fourth-order valence-electron chi connectivity index (χ4n) is 4.80. The second-order valence-electron chi connectivity index (χ2n) is 8.02. The summed E-state index contributed by atoms with van der Waals surface area (Å²) >= 11 is 0. The molecule has 0 radical (unpaired) electrons. The van der Waals surface area contributed by atoms with Crippen LogP contribution in [0, 0.1) is 5.92 Å². The minimum absolute atomic E-state index is 0.0805. The average molecular weight is 543 g/mol. The first kappa shape index (κ1) is 28.6. The molecule has 2 unspecified atom stereocenters. The number of carbonyl (C=O) groups excluding carboxylic acids is 6. The molecule has 13 heteroatoms. The zero-order chi connectivity index (χ0) is 29.1. The maximum atomic E-state index is 14.0. The van der Waals surface area contributed by atoms with Crippen LogP contribution in [0.15, 0.2) is 41.5 Å². The number of ether oxygens (including phenoxy) is 6. The van der Waals surface area contributed by atoms with Crippen molar-refractivity contribution >= 4 is 52.3 Å². The highest BCUT2D eigenvalue weighted by molar-refractivity contribution is 6.30. The van der Waals surface area contributed by atoms with Crippen molar-refractivity contribution in [2.75, 3.05) is 42.7 Å². The largest absolute Gasteiger partial charge is 0.468 e. The van der Waals surface area contributed by atoms with Crippen LogP contribution in [0.5, 0.6) is 0 Å². The van der Waals surface area contributed by atoms with E-state index in [0.717, 1.165) is 42.7 Å². The summed E-state index contributed by atoms with van der Waals surface area (Å²) in [6.45, 7) is 0. The second-order valence-corrected chi connectivity index (χ2v) is 8.02. The standard InChI is InChI=1S/C26H25NO12/c1-34-15(28)11-13(21(29)35-2)26(25(33)39-6)19(24(32)38-5)18(23(31)37-4)17(22(30)36-3)16-12-9-7-8-10-14(12)27-20(16)26/h7-11,19,27H,1-6H3. The van der Waals surface area contributed by atoms with Gasteiger partial charge in [0.2, 0.25) is 0 Å². The summed E-state index contributed by atoms with van der Waals surface area (Å²) in [5.41, 5.74) is -4.53. The van der Waals surface area contributed by atoms with Crippen LogP contribution in [0.25, 0.3) is 16.5 Å². The number of methoxy groups -OCH3 is 6. The molecule has 13 nitrogen and oxygen atoms in total. The van der Waals surface area contributed by atoms with E-state index in [9.17, 15) is 28.8 Å². The van der Waals surface area contributed by atoms with Gasteiger partial charge in [-0.1, -0.05) is 18.2 Å². The Labute approximate surface area is 221 Å². The molecule has 1 N–H and O–H groups in total. The lowest BCUT2D eigenvalue weighted by Crippen LogP contribution is -2.55. The lowest BCUT2D eigenvalue weighted by molar-refractivity contribution is -0.160. The molecule has 0 aliphatic heterocycles. The molecule has 0 saturated carbocycles. The van der Waals surface area contributed by atoms with Gasteiger partial charge in [-0.25, -0.2) is 19.2 Å². The minimum atomic E-state index is -2.65. The second kappa shape index (κ2) is 11.2. The highest BCUT2D eigenvalue weighted by Gasteiger charge is 2.65. The Bertz CT molecular complexity index is 1450. The van der Waals surface area contributed by atoms with Crippen molar-refractivity contribution in [1.29, 1.82) is 0 Å². The normalized spacial score (nSPS) is 18.5. The molecule has 1 aromatic heterocycles. The molecule has 3 rings (SSSR count). The topological polar surface area (TPSA) is 174 Å². The summed E-state index contributed by atoms with van der Waals surface area (Å²) in [5, 5.41) is 0.299. The molecule has 0 spiro atoms. The van der Waals surface area contributed by atoms with E-state index in [2.05, 4.69) is 9.72 Å². The van der Waals surface area contributed by atoms with Crippen molar-refractivity contribution in [2.24, 2.45) is 5.92 Å². The first-order chi connectivity index (χ1) is 18.6. The highest BCUT2D eigenvalue weighted by atomic mass is 16.5. The third kappa shape index (κ3) is 4.31. The van der Waals surface area contributed by atoms with Gasteiger partial charge in [-0.05, 0) is 6.07 Å². The summed E-state index contributed by atoms with van der Waals surface area (Å²) in [6, 6.07) is 6.39. The molecule has 0 saturated heterocycles. The third-order valence-electron chi connectivity index (χ3n) is 6.37. The maximum absolute atomic E-state index is 14.0. The average Bonchev–Trinajstić information content (AvgIpc) is 3.36. The number of rotatable bonds is 7. The van der Waals surface area contributed by atoms with Crippen molar-refractivity contribution in [2.45, 2.75) is 5.41 Å². The van der Waals surface area contributed by atoms with Crippen LogP contribution in [0.3, 0.4) is 0 Å². The molecule has 2 aromatic rings. The van der Waals surface area contributed by atoms with E-state index < -0.39 is 63.9 Å². The fourth-order valence-corrected chi connectivity index (χ4v) is 4.80. The molecule has 1 aliphatic rings. The number of H-pyrrole nitrogens is 1. The van der Waals surface area contributed by atoms with E-state index in [1.807, 2.05) is 0 Å². The lowest BCUT2D eigenvalue weighted by Gasteiger charge is -2.41. The van der Waals surface area contributed by atoms with Gasteiger partial charge in [-0.3, -0.25) is 9.59 Å². The highest BCUT2D eigenvalue weighted by Crippen LogP contribution is 2.54. The zero-order valence-corrected chi connectivity index (χ0v) is 21.9. The molecular weight excluding hydrogens is 518 g/mol. The smallest absolute Gasteiger partial charge is 0.339 e. The van der Waals surface area contributed by atoms with Gasteiger partial charge in [0, 0.05) is 28.2 Å². The first-order valence-corrected chi connectivity index (χ1v) is 11.2. The predicted octanol–water partition coefficient (Wildman–Crippen LogP) is 0.753. The van der Waals surface area contributed by atoms with Crippen LogP contribution >= 0.6 is 0 Å². The van der Waals surface area contributed by atoms with Crippen molar-refractivity contribution in [3.63, 3.8) is 0 Å². The Morgan fingerprint density at radius 1 is 0.795 bits per heavy atom. The molecule has 0 bridgehead atoms. The van der Waals surface area contributed by atoms with Gasteiger partial charge in [0.1, 0.15) is 5.92 Å². The van der Waals surface area contributed by atoms with Gasteiger partial charge < -0.3 is 33.4 Å². The van der Waals surface area contributed by atoms with Crippen molar-refractivity contribution in [3.8, 4) is 0 Å². The van der Waals surface area contributed by atoms with E-state index in [-0.39, 0.29) is 11.3 Å². The SMILES string of the molecule is COC(=O)C=C(C(=O)OC)C1(C(=O)OC)c2[nH]c3ccccc3c2C(C(=O)OC)=C(C(=O)OC)C1C(=O)OC. The van der Waals surface area contributed by atoms with Gasteiger partial charge >= 0.3 is 35.8 Å². The van der Waals surface area contributed by atoms with Crippen molar-refractivity contribution in [1.82, 2.24) is 4.98 Å². The summed E-state index contributed by atoms with van der Waals surface area (Å²) in [5.74, 6) is -9.31. The van der Waals surface area contributed by atoms with Crippen LogP contribution in [-0.4, -0.2) is 83.5 Å². The van der Waals surface area contributed by atoms with Gasteiger partial charge in [-0.2, -0.15) is 0 Å². The molecular formula is C26H25NO12. The number of fused-ring (bicyclic) bond motifs is 3. The van der Waals surface area contributed by atoms with Gasteiger partial charge in [0.25, 0.3) is 0 Å². The monoisotopic (exact) mass is 543 g/mol. The van der Waals surface area contributed by atoms with E-state index in [4.69, 9.17) is 23.7 Å². The number of aromatic amines is 1. The van der Waals surface area contributed by atoms with E-state index in [0.29, 0.717) is 17.0 Å². The van der Waals surface area contributed by atoms with Crippen LogP contribution in [0.1, 0.15) is 11.3 Å². The summed E-state index contributed by atoms with van der Waals surface area (Å²) in [4.78, 5) is 82.8. The van der Waals surface area contributed by atoms with Crippen LogP contribution in [-0.2, 0) is 62.6 Å². The van der Waals surface area contributed by atoms with Crippen LogP contribution < -0.4 is 0 Å². The molecule has 2 atom stereocenters. The Hall–Kier alpha value is -4.94. The van der Waals surface area contributed by atoms with E-state index in [1.54, 1.807) is 24.3 Å². The minimum Gasteiger partial charge on any atom is -0.468 e. The molecule has 39 heavy (non-hydrogen) atoms. The van der Waals surface area contributed by atoms with Crippen molar-refractivity contribution in [3.05, 3.63) is 52.7 Å². The molecule has 0 fully saturated rings. The van der Waals surface area contributed by atoms with E-state index in [1.165, 1.54) is 0 Å². The molecule has 206 valence electrons. The number of hydrogen-bond acceptors (Lipinski definition) is 12. The summed E-state index contributed by atoms with van der Waals surface area (Å²) in [6.07, 6.45) is 0.631. The quantitative estimate of drug-likeness (QED) is 0.295. The van der Waals surface area contributed by atoms with Gasteiger partial charge in [-0.15, -0.1) is 0 Å². The maximum Gasteiger partial charge on any atom is 0.339 e. The van der Waals surface area contributed by atoms with E-state index >= 15 is 0 Å². The number of aromatic nitrogens is 1. The predicted molar refractivity (Wildman–Crippen MR) is 131 cm³/mol. The van der Waals surface area contributed by atoms with Gasteiger partial charge in [0.15, 0.2) is 5.41 Å². The molecule has 0 amide bonds. The number of hydrogen-bond donors (Lipinski definition) is 1. The molecule has 1 heterocycles.